The number of nitrogens with zero attached hydrogens (tertiary/aromatic N) is 3. The SMILES string of the molecule is CC(C)c1ncsc1C(=O)N1CCC[C@H](S(=O)(=O)N(C)C)C1. The molecule has 2 heterocycles. The zero-order chi connectivity index (χ0) is 16.5. The Hall–Kier alpha value is -0.990. The summed E-state index contributed by atoms with van der Waals surface area (Å²) in [6.07, 6.45) is 1.31. The number of thiazole rings is 1. The number of rotatable bonds is 4. The van der Waals surface area contributed by atoms with Gasteiger partial charge in [-0.1, -0.05) is 13.8 Å². The smallest absolute Gasteiger partial charge is 0.265 e. The molecule has 1 atom stereocenters. The van der Waals surface area contributed by atoms with Crippen molar-refractivity contribution < 1.29 is 13.2 Å². The predicted octanol–water partition coefficient (Wildman–Crippen LogP) is 1.76. The Morgan fingerprint density at radius 1 is 1.45 bits per heavy atom. The van der Waals surface area contributed by atoms with E-state index in [1.54, 1.807) is 10.4 Å². The number of hydrogen-bond donors (Lipinski definition) is 0. The van der Waals surface area contributed by atoms with Crippen LogP contribution in [0.15, 0.2) is 5.51 Å². The van der Waals surface area contributed by atoms with Crippen LogP contribution in [0.3, 0.4) is 0 Å². The van der Waals surface area contributed by atoms with E-state index in [1.165, 1.54) is 29.7 Å². The van der Waals surface area contributed by atoms with Crippen molar-refractivity contribution >= 4 is 27.3 Å². The van der Waals surface area contributed by atoms with Gasteiger partial charge in [0.1, 0.15) is 4.88 Å². The number of amides is 1. The van der Waals surface area contributed by atoms with Crippen molar-refractivity contribution in [1.29, 1.82) is 0 Å². The van der Waals surface area contributed by atoms with E-state index in [0.29, 0.717) is 24.3 Å². The van der Waals surface area contributed by atoms with E-state index < -0.39 is 15.3 Å². The second-order valence-corrected chi connectivity index (χ2v) is 9.35. The average Bonchev–Trinajstić information content (AvgIpc) is 2.96. The van der Waals surface area contributed by atoms with Crippen molar-refractivity contribution in [3.63, 3.8) is 0 Å². The van der Waals surface area contributed by atoms with Gasteiger partial charge >= 0.3 is 0 Å². The molecule has 0 aromatic carbocycles. The van der Waals surface area contributed by atoms with Crippen LogP contribution in [-0.2, 0) is 10.0 Å². The van der Waals surface area contributed by atoms with Crippen LogP contribution in [0.5, 0.6) is 0 Å². The Morgan fingerprint density at radius 3 is 2.73 bits per heavy atom. The normalized spacial score (nSPS) is 19.9. The molecule has 124 valence electrons. The first-order valence-electron chi connectivity index (χ1n) is 7.39. The molecule has 0 spiro atoms. The summed E-state index contributed by atoms with van der Waals surface area (Å²) in [6, 6.07) is 0. The second kappa shape index (κ2) is 6.64. The van der Waals surface area contributed by atoms with E-state index in [-0.39, 0.29) is 18.4 Å². The molecule has 2 rings (SSSR count). The topological polar surface area (TPSA) is 70.6 Å². The maximum atomic E-state index is 12.7. The number of aromatic nitrogens is 1. The third kappa shape index (κ3) is 3.33. The van der Waals surface area contributed by atoms with Gasteiger partial charge in [-0.05, 0) is 18.8 Å². The lowest BCUT2D eigenvalue weighted by molar-refractivity contribution is 0.0729. The highest BCUT2D eigenvalue weighted by Crippen LogP contribution is 2.26. The van der Waals surface area contributed by atoms with Crippen LogP contribution >= 0.6 is 11.3 Å². The van der Waals surface area contributed by atoms with E-state index in [9.17, 15) is 13.2 Å². The van der Waals surface area contributed by atoms with Gasteiger partial charge in [-0.3, -0.25) is 4.79 Å². The Balaban J connectivity index is 2.19. The summed E-state index contributed by atoms with van der Waals surface area (Å²) in [5, 5.41) is -0.518. The fourth-order valence-corrected chi connectivity index (χ4v) is 4.97. The molecular weight excluding hydrogens is 322 g/mol. The minimum atomic E-state index is -3.33. The first-order valence-corrected chi connectivity index (χ1v) is 9.77. The molecule has 1 aliphatic rings. The number of piperidine rings is 1. The third-order valence-corrected chi connectivity index (χ3v) is 7.01. The van der Waals surface area contributed by atoms with Gasteiger partial charge in [-0.15, -0.1) is 11.3 Å². The molecule has 0 saturated carbocycles. The zero-order valence-corrected chi connectivity index (χ0v) is 15.1. The minimum Gasteiger partial charge on any atom is -0.337 e. The lowest BCUT2D eigenvalue weighted by Gasteiger charge is -2.33. The van der Waals surface area contributed by atoms with Gasteiger partial charge in [0.05, 0.1) is 16.5 Å². The largest absolute Gasteiger partial charge is 0.337 e. The second-order valence-electron chi connectivity index (χ2n) is 6.06. The number of likely N-dealkylation sites (tertiary alicyclic amines) is 1. The van der Waals surface area contributed by atoms with Crippen molar-refractivity contribution in [2.45, 2.75) is 37.9 Å². The van der Waals surface area contributed by atoms with E-state index in [1.807, 2.05) is 13.8 Å². The molecule has 0 N–H and O–H groups in total. The molecule has 8 heteroatoms. The highest BCUT2D eigenvalue weighted by Gasteiger charge is 2.35. The Kier molecular flexibility index (Phi) is 5.24. The first kappa shape index (κ1) is 17.4. The number of carbonyl (C=O) groups is 1. The summed E-state index contributed by atoms with van der Waals surface area (Å²) in [6.45, 7) is 4.87. The van der Waals surface area contributed by atoms with Crippen molar-refractivity contribution in [1.82, 2.24) is 14.2 Å². The summed E-state index contributed by atoms with van der Waals surface area (Å²) < 4.78 is 25.8. The van der Waals surface area contributed by atoms with E-state index in [2.05, 4.69) is 4.98 Å². The van der Waals surface area contributed by atoms with E-state index in [0.717, 1.165) is 5.69 Å². The monoisotopic (exact) mass is 345 g/mol. The molecule has 1 aromatic rings. The predicted molar refractivity (Wildman–Crippen MR) is 87.7 cm³/mol. The minimum absolute atomic E-state index is 0.0927. The molecule has 0 aliphatic carbocycles. The van der Waals surface area contributed by atoms with Crippen LogP contribution in [-0.4, -0.2) is 60.9 Å². The lowest BCUT2D eigenvalue weighted by atomic mass is 10.1. The molecular formula is C14H23N3O3S2. The van der Waals surface area contributed by atoms with E-state index >= 15 is 0 Å². The maximum Gasteiger partial charge on any atom is 0.265 e. The molecule has 0 radical (unpaired) electrons. The Morgan fingerprint density at radius 2 is 2.14 bits per heavy atom. The van der Waals surface area contributed by atoms with Gasteiger partial charge in [0, 0.05) is 27.2 Å². The van der Waals surface area contributed by atoms with Gasteiger partial charge < -0.3 is 4.90 Å². The van der Waals surface area contributed by atoms with Crippen molar-refractivity contribution in [3.05, 3.63) is 16.1 Å². The Bertz CT molecular complexity index is 638. The van der Waals surface area contributed by atoms with E-state index in [4.69, 9.17) is 0 Å². The lowest BCUT2D eigenvalue weighted by Crippen LogP contribution is -2.48. The average molecular weight is 345 g/mol. The molecule has 0 bridgehead atoms. The number of hydrogen-bond acceptors (Lipinski definition) is 5. The Labute approximate surface area is 136 Å². The molecule has 1 aromatic heterocycles. The van der Waals surface area contributed by atoms with Gasteiger partial charge in [0.2, 0.25) is 10.0 Å². The maximum absolute atomic E-state index is 12.7. The molecule has 0 unspecified atom stereocenters. The first-order chi connectivity index (χ1) is 10.2. The van der Waals surface area contributed by atoms with Crippen molar-refractivity contribution in [2.24, 2.45) is 0 Å². The zero-order valence-electron chi connectivity index (χ0n) is 13.4. The summed E-state index contributed by atoms with van der Waals surface area (Å²) in [7, 11) is -0.259. The van der Waals surface area contributed by atoms with Crippen LogP contribution in [0.4, 0.5) is 0 Å². The van der Waals surface area contributed by atoms with Crippen molar-refractivity contribution in [3.8, 4) is 0 Å². The molecule has 1 amide bonds. The highest BCUT2D eigenvalue weighted by atomic mass is 32.2. The van der Waals surface area contributed by atoms with Crippen molar-refractivity contribution in [2.75, 3.05) is 27.2 Å². The highest BCUT2D eigenvalue weighted by molar-refractivity contribution is 7.89. The van der Waals surface area contributed by atoms with Crippen LogP contribution in [0.1, 0.15) is 48.0 Å². The number of sulfonamides is 1. The molecule has 6 nitrogen and oxygen atoms in total. The third-order valence-electron chi connectivity index (χ3n) is 3.93. The fourth-order valence-electron chi connectivity index (χ4n) is 2.63. The van der Waals surface area contributed by atoms with Crippen LogP contribution < -0.4 is 0 Å². The van der Waals surface area contributed by atoms with Gasteiger partial charge in [0.15, 0.2) is 0 Å². The number of carbonyl (C=O) groups excluding carboxylic acids is 1. The fraction of sp³-hybridized carbons (Fsp3) is 0.714. The molecule has 1 saturated heterocycles. The van der Waals surface area contributed by atoms with Gasteiger partial charge in [-0.2, -0.15) is 0 Å². The van der Waals surface area contributed by atoms with Crippen LogP contribution in [0.2, 0.25) is 0 Å². The summed E-state index contributed by atoms with van der Waals surface area (Å²) in [4.78, 5) is 19.3. The van der Waals surface area contributed by atoms with Gasteiger partial charge in [-0.25, -0.2) is 17.7 Å². The van der Waals surface area contributed by atoms with Gasteiger partial charge in [0.25, 0.3) is 5.91 Å². The molecule has 1 aliphatic heterocycles. The van der Waals surface area contributed by atoms with Crippen LogP contribution in [0, 0.1) is 0 Å². The molecule has 1 fully saturated rings. The summed E-state index contributed by atoms with van der Waals surface area (Å²) >= 11 is 1.33. The quantitative estimate of drug-likeness (QED) is 0.834. The summed E-state index contributed by atoms with van der Waals surface area (Å²) in [5.74, 6) is 0.0844. The summed E-state index contributed by atoms with van der Waals surface area (Å²) in [5.41, 5.74) is 2.48. The van der Waals surface area contributed by atoms with Crippen LogP contribution in [0.25, 0.3) is 0 Å². The standard InChI is InChI=1S/C14H23N3O3S2/c1-10(2)12-13(21-9-15-12)14(18)17-7-5-6-11(8-17)22(19,20)16(3)4/h9-11H,5-8H2,1-4H3/t11-/m0/s1. The molecule has 22 heavy (non-hydrogen) atoms.